The van der Waals surface area contributed by atoms with Gasteiger partial charge in [-0.25, -0.2) is 0 Å². The number of ether oxygens (including phenoxy) is 1. The van der Waals surface area contributed by atoms with Gasteiger partial charge in [0.15, 0.2) is 0 Å². The Bertz CT molecular complexity index is 610. The Kier molecular flexibility index (Phi) is 3.71. The highest BCUT2D eigenvalue weighted by molar-refractivity contribution is 6.01. The lowest BCUT2D eigenvalue weighted by Crippen LogP contribution is -2.28. The first kappa shape index (κ1) is 14.1. The largest absolute Gasteiger partial charge is 0.468 e. The lowest BCUT2D eigenvalue weighted by Gasteiger charge is -2.20. The smallest absolute Gasteiger partial charge is 0.325 e. The molecule has 2 heteroatoms. The predicted molar refractivity (Wildman–Crippen MR) is 84.0 cm³/mol. The molecule has 21 heavy (non-hydrogen) atoms. The van der Waals surface area contributed by atoms with Gasteiger partial charge in [-0.1, -0.05) is 43.3 Å². The average molecular weight is 282 g/mol. The summed E-state index contributed by atoms with van der Waals surface area (Å²) in [5.41, 5.74) is 4.30. The summed E-state index contributed by atoms with van der Waals surface area (Å²) in [4.78, 5) is 12.6. The third-order valence-corrected chi connectivity index (χ3v) is 4.73. The molecule has 0 saturated heterocycles. The number of methoxy groups -OCH3 is 1. The maximum Gasteiger partial charge on any atom is 0.325 e. The van der Waals surface area contributed by atoms with E-state index in [9.17, 15) is 4.79 Å². The zero-order valence-corrected chi connectivity index (χ0v) is 12.8. The number of rotatable bonds is 4. The van der Waals surface area contributed by atoms with Crippen LogP contribution in [0.4, 0.5) is 0 Å². The molecule has 1 atom stereocenters. The van der Waals surface area contributed by atoms with Crippen molar-refractivity contribution >= 4 is 5.97 Å². The molecule has 2 aliphatic carbocycles. The standard InChI is InChI=1S/C19H22O2/c1-3-16-17(14-10-6-4-7-11-14)19(16,18(20)21-2)15-12-8-5-9-13-15/h5,8-10,12-13H,3-4,6-7,11H2,1-2H3/t19-/m0/s1. The highest BCUT2D eigenvalue weighted by Crippen LogP contribution is 2.60. The van der Waals surface area contributed by atoms with Crippen LogP contribution < -0.4 is 0 Å². The van der Waals surface area contributed by atoms with E-state index in [0.29, 0.717) is 0 Å². The van der Waals surface area contributed by atoms with Crippen molar-refractivity contribution in [3.63, 3.8) is 0 Å². The quantitative estimate of drug-likeness (QED) is 0.769. The molecule has 1 aromatic rings. The zero-order valence-electron chi connectivity index (χ0n) is 12.8. The third kappa shape index (κ3) is 2.05. The number of benzene rings is 1. The SMILES string of the molecule is CCC1=C(C2=CCCCC2)[C@]1(C(=O)OC)c1ccccc1. The van der Waals surface area contributed by atoms with Crippen LogP contribution in [-0.2, 0) is 14.9 Å². The van der Waals surface area contributed by atoms with Gasteiger partial charge in [0.05, 0.1) is 7.11 Å². The van der Waals surface area contributed by atoms with Gasteiger partial charge in [0.1, 0.15) is 5.41 Å². The van der Waals surface area contributed by atoms with Gasteiger partial charge >= 0.3 is 5.97 Å². The first-order valence-electron chi connectivity index (χ1n) is 7.84. The summed E-state index contributed by atoms with van der Waals surface area (Å²) in [7, 11) is 1.49. The molecule has 0 aliphatic heterocycles. The van der Waals surface area contributed by atoms with Crippen molar-refractivity contribution in [1.29, 1.82) is 0 Å². The molecule has 0 N–H and O–H groups in total. The van der Waals surface area contributed by atoms with E-state index < -0.39 is 5.41 Å². The molecule has 3 rings (SSSR count). The normalized spacial score (nSPS) is 24.6. The lowest BCUT2D eigenvalue weighted by molar-refractivity contribution is -0.143. The third-order valence-electron chi connectivity index (χ3n) is 4.73. The molecular formula is C19H22O2. The minimum absolute atomic E-state index is 0.132. The number of hydrogen-bond donors (Lipinski definition) is 0. The fourth-order valence-corrected chi connectivity index (χ4v) is 3.78. The van der Waals surface area contributed by atoms with Crippen molar-refractivity contribution in [2.24, 2.45) is 0 Å². The first-order valence-corrected chi connectivity index (χ1v) is 7.84. The molecule has 110 valence electrons. The van der Waals surface area contributed by atoms with Crippen LogP contribution in [0, 0.1) is 0 Å². The van der Waals surface area contributed by atoms with Crippen LogP contribution in [0.15, 0.2) is 53.1 Å². The predicted octanol–water partition coefficient (Wildman–Crippen LogP) is 4.32. The highest BCUT2D eigenvalue weighted by Gasteiger charge is 2.61. The number of allylic oxidation sites excluding steroid dienone is 2. The van der Waals surface area contributed by atoms with E-state index in [1.54, 1.807) is 0 Å². The Morgan fingerprint density at radius 2 is 2.00 bits per heavy atom. The monoisotopic (exact) mass is 282 g/mol. The Morgan fingerprint density at radius 1 is 1.24 bits per heavy atom. The van der Waals surface area contributed by atoms with Crippen molar-refractivity contribution in [2.75, 3.05) is 7.11 Å². The van der Waals surface area contributed by atoms with E-state index in [2.05, 4.69) is 13.0 Å². The molecule has 0 heterocycles. The van der Waals surface area contributed by atoms with Crippen LogP contribution in [0.25, 0.3) is 0 Å². The van der Waals surface area contributed by atoms with Crippen molar-refractivity contribution < 1.29 is 9.53 Å². The van der Waals surface area contributed by atoms with E-state index in [4.69, 9.17) is 4.74 Å². The molecule has 2 aliphatic rings. The second kappa shape index (κ2) is 5.51. The van der Waals surface area contributed by atoms with Gasteiger partial charge < -0.3 is 4.74 Å². The Morgan fingerprint density at radius 3 is 2.57 bits per heavy atom. The van der Waals surface area contributed by atoms with E-state index in [-0.39, 0.29) is 5.97 Å². The van der Waals surface area contributed by atoms with Gasteiger partial charge in [0, 0.05) is 0 Å². The van der Waals surface area contributed by atoms with Crippen molar-refractivity contribution in [1.82, 2.24) is 0 Å². The van der Waals surface area contributed by atoms with Crippen LogP contribution in [0.1, 0.15) is 44.6 Å². The van der Waals surface area contributed by atoms with Crippen molar-refractivity contribution in [2.45, 2.75) is 44.4 Å². The van der Waals surface area contributed by atoms with Crippen LogP contribution in [-0.4, -0.2) is 13.1 Å². The molecule has 0 unspecified atom stereocenters. The number of esters is 1. The summed E-state index contributed by atoms with van der Waals surface area (Å²) in [5, 5.41) is 0. The van der Waals surface area contributed by atoms with Gasteiger partial charge in [-0.3, -0.25) is 4.79 Å². The molecule has 0 amide bonds. The summed E-state index contributed by atoms with van der Waals surface area (Å²) >= 11 is 0. The number of carbonyl (C=O) groups is 1. The Balaban J connectivity index is 2.07. The molecule has 2 nitrogen and oxygen atoms in total. The van der Waals surface area contributed by atoms with Gasteiger partial charge in [-0.15, -0.1) is 0 Å². The molecular weight excluding hydrogens is 260 g/mol. The Labute approximate surface area is 126 Å². The number of hydrogen-bond acceptors (Lipinski definition) is 2. The Hall–Kier alpha value is -1.83. The first-order chi connectivity index (χ1) is 10.3. The molecule has 0 aromatic heterocycles. The zero-order chi connectivity index (χ0) is 14.9. The van der Waals surface area contributed by atoms with Crippen LogP contribution in [0.3, 0.4) is 0 Å². The van der Waals surface area contributed by atoms with Crippen LogP contribution >= 0.6 is 0 Å². The number of carbonyl (C=O) groups excluding carboxylic acids is 1. The summed E-state index contributed by atoms with van der Waals surface area (Å²) in [6.45, 7) is 2.13. The molecule has 0 fully saturated rings. The maximum absolute atomic E-state index is 12.6. The highest BCUT2D eigenvalue weighted by atomic mass is 16.5. The van der Waals surface area contributed by atoms with E-state index >= 15 is 0 Å². The van der Waals surface area contributed by atoms with Gasteiger partial charge in [-0.2, -0.15) is 0 Å². The minimum Gasteiger partial charge on any atom is -0.468 e. The van der Waals surface area contributed by atoms with Crippen LogP contribution in [0.2, 0.25) is 0 Å². The van der Waals surface area contributed by atoms with Crippen molar-refractivity contribution in [3.05, 3.63) is 58.7 Å². The van der Waals surface area contributed by atoms with Crippen molar-refractivity contribution in [3.8, 4) is 0 Å². The van der Waals surface area contributed by atoms with E-state index in [1.807, 2.05) is 30.3 Å². The average Bonchev–Trinajstić information content (AvgIpc) is 3.26. The van der Waals surface area contributed by atoms with Gasteiger partial charge in [0.2, 0.25) is 0 Å². The summed E-state index contributed by atoms with van der Waals surface area (Å²) in [5.74, 6) is -0.132. The minimum atomic E-state index is -0.603. The summed E-state index contributed by atoms with van der Waals surface area (Å²) in [6, 6.07) is 10.1. The molecule has 0 spiro atoms. The molecule has 1 aromatic carbocycles. The summed E-state index contributed by atoms with van der Waals surface area (Å²) < 4.78 is 5.18. The van der Waals surface area contributed by atoms with E-state index in [0.717, 1.165) is 24.8 Å². The molecule has 0 radical (unpaired) electrons. The van der Waals surface area contributed by atoms with E-state index in [1.165, 1.54) is 36.7 Å². The molecule has 0 saturated carbocycles. The van der Waals surface area contributed by atoms with Gasteiger partial charge in [-0.05, 0) is 54.4 Å². The molecule has 0 bridgehead atoms. The second-order valence-corrected chi connectivity index (χ2v) is 5.79. The fourth-order valence-electron chi connectivity index (χ4n) is 3.78. The topological polar surface area (TPSA) is 26.3 Å². The lowest BCUT2D eigenvalue weighted by atomic mass is 9.83. The van der Waals surface area contributed by atoms with Crippen LogP contribution in [0.5, 0.6) is 0 Å². The van der Waals surface area contributed by atoms with Gasteiger partial charge in [0.25, 0.3) is 0 Å². The summed E-state index contributed by atoms with van der Waals surface area (Å²) in [6.07, 6.45) is 7.91. The fraction of sp³-hybridized carbons (Fsp3) is 0.421. The second-order valence-electron chi connectivity index (χ2n) is 5.79. The maximum atomic E-state index is 12.6.